The third-order valence-electron chi connectivity index (χ3n) is 6.97. The Morgan fingerprint density at radius 3 is 2.73 bits per heavy atom. The first-order valence-electron chi connectivity index (χ1n) is 10.7. The normalized spacial score (nSPS) is 30.3. The molecule has 154 valence electrons. The summed E-state index contributed by atoms with van der Waals surface area (Å²) in [5, 5.41) is 7.62. The van der Waals surface area contributed by atoms with Crippen LogP contribution >= 0.6 is 11.6 Å². The second kappa shape index (κ2) is 7.08. The largest absolute Gasteiger partial charge is 0.341 e. The van der Waals surface area contributed by atoms with E-state index in [1.807, 2.05) is 42.5 Å². The van der Waals surface area contributed by atoms with Crippen LogP contribution in [0.3, 0.4) is 0 Å². The molecule has 3 fully saturated rings. The zero-order valence-electron chi connectivity index (χ0n) is 16.6. The molecule has 30 heavy (non-hydrogen) atoms. The van der Waals surface area contributed by atoms with Gasteiger partial charge in [-0.25, -0.2) is 4.98 Å². The summed E-state index contributed by atoms with van der Waals surface area (Å²) < 4.78 is 0. The summed E-state index contributed by atoms with van der Waals surface area (Å²) in [5.74, 6) is 0.860. The highest BCUT2D eigenvalue weighted by atomic mass is 35.5. The second-order valence-electron chi connectivity index (χ2n) is 8.73. The van der Waals surface area contributed by atoms with Gasteiger partial charge in [-0.05, 0) is 67.7 Å². The Bertz CT molecular complexity index is 1090. The molecule has 3 saturated heterocycles. The van der Waals surface area contributed by atoms with E-state index in [0.717, 1.165) is 28.8 Å². The highest BCUT2D eigenvalue weighted by Gasteiger charge is 2.43. The van der Waals surface area contributed by atoms with E-state index in [4.69, 9.17) is 16.6 Å². The van der Waals surface area contributed by atoms with E-state index < -0.39 is 5.92 Å². The fourth-order valence-corrected chi connectivity index (χ4v) is 5.60. The lowest BCUT2D eigenvalue weighted by Crippen LogP contribution is -2.58. The Hall–Kier alpha value is -2.41. The number of aromatic nitrogens is 2. The second-order valence-corrected chi connectivity index (χ2v) is 9.16. The van der Waals surface area contributed by atoms with Crippen molar-refractivity contribution in [2.24, 2.45) is 5.92 Å². The number of para-hydroxylation sites is 2. The molecule has 2 aromatic carbocycles. The molecule has 5 heterocycles. The summed E-state index contributed by atoms with van der Waals surface area (Å²) in [6, 6.07) is 13.8. The van der Waals surface area contributed by atoms with Gasteiger partial charge in [0.15, 0.2) is 0 Å². The number of rotatable bonds is 3. The molecule has 0 saturated carbocycles. The third-order valence-corrected chi connectivity index (χ3v) is 7.21. The predicted octanol–water partition coefficient (Wildman–Crippen LogP) is 3.68. The molecule has 1 aromatic heterocycles. The van der Waals surface area contributed by atoms with Crippen LogP contribution < -0.4 is 10.6 Å². The Morgan fingerprint density at radius 2 is 1.97 bits per heavy atom. The fourth-order valence-electron chi connectivity index (χ4n) is 5.42. The van der Waals surface area contributed by atoms with Crippen LogP contribution in [0.5, 0.6) is 0 Å². The molecule has 3 atom stereocenters. The number of anilines is 1. The van der Waals surface area contributed by atoms with Crippen LogP contribution in [0.2, 0.25) is 5.02 Å². The lowest BCUT2D eigenvalue weighted by molar-refractivity contribution is -0.119. The molecule has 6 nitrogen and oxygen atoms in total. The number of aromatic amines is 1. The monoisotopic (exact) mass is 421 g/mol. The number of amides is 1. The van der Waals surface area contributed by atoms with Gasteiger partial charge in [0.25, 0.3) is 0 Å². The summed E-state index contributed by atoms with van der Waals surface area (Å²) in [6.07, 6.45) is 2.43. The van der Waals surface area contributed by atoms with E-state index in [0.29, 0.717) is 22.8 Å². The molecule has 0 spiro atoms. The topological polar surface area (TPSA) is 73.1 Å². The summed E-state index contributed by atoms with van der Waals surface area (Å²) in [6.45, 7) is 3.40. The van der Waals surface area contributed by atoms with E-state index in [-0.39, 0.29) is 11.9 Å². The summed E-state index contributed by atoms with van der Waals surface area (Å²) in [5.41, 5.74) is 3.68. The number of fused-ring (bicyclic) bond motifs is 5. The molecule has 2 bridgehead atoms. The third kappa shape index (κ3) is 3.02. The number of H-pyrrole nitrogens is 1. The molecule has 3 unspecified atom stereocenters. The molecule has 0 radical (unpaired) electrons. The van der Waals surface area contributed by atoms with Gasteiger partial charge in [-0.2, -0.15) is 0 Å². The van der Waals surface area contributed by atoms with Crippen molar-refractivity contribution in [2.45, 2.75) is 30.8 Å². The summed E-state index contributed by atoms with van der Waals surface area (Å²) >= 11 is 6.37. The Kier molecular flexibility index (Phi) is 4.33. The number of halogens is 1. The van der Waals surface area contributed by atoms with Crippen molar-refractivity contribution in [3.8, 4) is 0 Å². The number of hydrogen-bond acceptors (Lipinski definition) is 4. The number of carbonyl (C=O) groups is 1. The highest BCUT2D eigenvalue weighted by Crippen LogP contribution is 2.42. The SMILES string of the molecule is O=C1Nc2ccc(Cl)cc2C(NC2CN3CCC2CC3)C1c1nc2ccccc2[nH]1. The van der Waals surface area contributed by atoms with E-state index >= 15 is 0 Å². The molecule has 3 aromatic rings. The van der Waals surface area contributed by atoms with Crippen molar-refractivity contribution in [1.82, 2.24) is 20.2 Å². The minimum absolute atomic E-state index is 0.0392. The predicted molar refractivity (Wildman–Crippen MR) is 118 cm³/mol. The minimum Gasteiger partial charge on any atom is -0.341 e. The number of piperidine rings is 3. The lowest BCUT2D eigenvalue weighted by Gasteiger charge is -2.47. The first kappa shape index (κ1) is 18.4. The van der Waals surface area contributed by atoms with Crippen LogP contribution in [0.4, 0.5) is 5.69 Å². The van der Waals surface area contributed by atoms with E-state index in [1.165, 1.54) is 25.9 Å². The lowest BCUT2D eigenvalue weighted by atomic mass is 9.81. The van der Waals surface area contributed by atoms with Crippen molar-refractivity contribution in [3.05, 3.63) is 58.9 Å². The smallest absolute Gasteiger partial charge is 0.237 e. The van der Waals surface area contributed by atoms with Gasteiger partial charge in [0, 0.05) is 23.3 Å². The summed E-state index contributed by atoms with van der Waals surface area (Å²) in [4.78, 5) is 24.0. The summed E-state index contributed by atoms with van der Waals surface area (Å²) in [7, 11) is 0. The van der Waals surface area contributed by atoms with E-state index in [2.05, 4.69) is 20.5 Å². The molecule has 4 aliphatic rings. The van der Waals surface area contributed by atoms with Crippen LogP contribution in [0.25, 0.3) is 11.0 Å². The Balaban J connectivity index is 1.43. The molecular weight excluding hydrogens is 398 g/mol. The number of nitrogens with one attached hydrogen (secondary N) is 3. The van der Waals surface area contributed by atoms with Gasteiger partial charge in [0.1, 0.15) is 11.7 Å². The quantitative estimate of drug-likeness (QED) is 0.603. The maximum absolute atomic E-state index is 13.3. The van der Waals surface area contributed by atoms with Crippen LogP contribution in [-0.2, 0) is 4.79 Å². The first-order valence-corrected chi connectivity index (χ1v) is 11.1. The number of benzene rings is 2. The van der Waals surface area contributed by atoms with Crippen LogP contribution in [0.1, 0.15) is 36.2 Å². The molecule has 4 aliphatic heterocycles. The van der Waals surface area contributed by atoms with Gasteiger partial charge in [0.2, 0.25) is 5.91 Å². The minimum atomic E-state index is -0.446. The van der Waals surface area contributed by atoms with Crippen molar-refractivity contribution in [2.75, 3.05) is 25.0 Å². The van der Waals surface area contributed by atoms with Crippen molar-refractivity contribution in [3.63, 3.8) is 0 Å². The number of hydrogen-bond donors (Lipinski definition) is 3. The van der Waals surface area contributed by atoms with Crippen molar-refractivity contribution < 1.29 is 4.79 Å². The number of carbonyl (C=O) groups excluding carboxylic acids is 1. The number of nitrogens with zero attached hydrogens (tertiary/aromatic N) is 2. The highest BCUT2D eigenvalue weighted by molar-refractivity contribution is 6.30. The van der Waals surface area contributed by atoms with Crippen molar-refractivity contribution in [1.29, 1.82) is 0 Å². The van der Waals surface area contributed by atoms with Gasteiger partial charge in [-0.3, -0.25) is 4.79 Å². The number of imidazole rings is 1. The zero-order valence-corrected chi connectivity index (χ0v) is 17.3. The molecule has 3 N–H and O–H groups in total. The fraction of sp³-hybridized carbons (Fsp3) is 0.391. The molecule has 7 rings (SSSR count). The molecule has 1 amide bonds. The maximum Gasteiger partial charge on any atom is 0.237 e. The average molecular weight is 422 g/mol. The van der Waals surface area contributed by atoms with Gasteiger partial charge in [-0.15, -0.1) is 0 Å². The van der Waals surface area contributed by atoms with Crippen LogP contribution in [0.15, 0.2) is 42.5 Å². The van der Waals surface area contributed by atoms with Gasteiger partial charge in [-0.1, -0.05) is 23.7 Å². The van der Waals surface area contributed by atoms with Crippen molar-refractivity contribution >= 4 is 34.2 Å². The van der Waals surface area contributed by atoms with E-state index in [1.54, 1.807) is 0 Å². The zero-order chi connectivity index (χ0) is 20.2. The Morgan fingerprint density at radius 1 is 1.13 bits per heavy atom. The van der Waals surface area contributed by atoms with Gasteiger partial charge in [0.05, 0.1) is 17.1 Å². The maximum atomic E-state index is 13.3. The van der Waals surface area contributed by atoms with Gasteiger partial charge >= 0.3 is 0 Å². The van der Waals surface area contributed by atoms with Crippen LogP contribution in [-0.4, -0.2) is 46.5 Å². The van der Waals surface area contributed by atoms with E-state index in [9.17, 15) is 4.79 Å². The molecule has 7 heteroatoms. The Labute approximate surface area is 180 Å². The first-order chi connectivity index (χ1) is 14.7. The molecular formula is C23H24ClN5O. The van der Waals surface area contributed by atoms with Crippen LogP contribution in [0, 0.1) is 5.92 Å². The standard InChI is InChI=1S/C23H24ClN5O/c24-14-5-6-16-15(11-14)21(25-19-12-29-9-7-13(19)8-10-29)20(23(30)28-16)22-26-17-3-1-2-4-18(17)27-22/h1-6,11,13,19-21,25H,7-10,12H2,(H,26,27)(H,28,30). The average Bonchev–Trinajstić information content (AvgIpc) is 3.19. The molecule has 0 aliphatic carbocycles. The van der Waals surface area contributed by atoms with Gasteiger partial charge < -0.3 is 20.5 Å².